The Labute approximate surface area is 89.2 Å². The van der Waals surface area contributed by atoms with Crippen molar-refractivity contribution < 1.29 is 4.74 Å². The molecule has 0 bridgehead atoms. The number of rotatable bonds is 2. The van der Waals surface area contributed by atoms with Gasteiger partial charge in [-0.15, -0.1) is 0 Å². The lowest BCUT2D eigenvalue weighted by atomic mass is 9.63. The van der Waals surface area contributed by atoms with E-state index in [0.29, 0.717) is 11.5 Å². The fraction of sp³-hybridized carbons (Fsp3) is 1.00. The lowest BCUT2D eigenvalue weighted by Gasteiger charge is -2.43. The highest BCUT2D eigenvalue weighted by Crippen LogP contribution is 2.50. The highest BCUT2D eigenvalue weighted by molar-refractivity contribution is 4.98. The fourth-order valence-electron chi connectivity index (χ4n) is 3.14. The maximum atomic E-state index is 5.99. The predicted molar refractivity (Wildman–Crippen MR) is 61.4 cm³/mol. The Bertz CT molecular complexity index is 190. The van der Waals surface area contributed by atoms with E-state index in [9.17, 15) is 0 Å². The maximum absolute atomic E-state index is 5.99. The van der Waals surface area contributed by atoms with Crippen molar-refractivity contribution in [1.29, 1.82) is 0 Å². The predicted octanol–water partition coefficient (Wildman–Crippen LogP) is 3.87. The van der Waals surface area contributed by atoms with Crippen molar-refractivity contribution in [2.45, 2.75) is 60.5 Å². The Balaban J connectivity index is 2.95. The van der Waals surface area contributed by atoms with Gasteiger partial charge in [0.15, 0.2) is 0 Å². The van der Waals surface area contributed by atoms with E-state index in [1.165, 1.54) is 12.8 Å². The van der Waals surface area contributed by atoms with Crippen molar-refractivity contribution in [2.75, 3.05) is 6.61 Å². The fourth-order valence-corrected chi connectivity index (χ4v) is 3.14. The molecule has 1 aliphatic heterocycles. The summed E-state index contributed by atoms with van der Waals surface area (Å²) < 4.78 is 5.99. The second-order valence-corrected chi connectivity index (χ2v) is 6.11. The lowest BCUT2D eigenvalue weighted by molar-refractivity contribution is -0.0510. The highest BCUT2D eigenvalue weighted by atomic mass is 16.5. The molecule has 2 atom stereocenters. The van der Waals surface area contributed by atoms with Crippen LogP contribution in [-0.4, -0.2) is 12.7 Å². The quantitative estimate of drug-likeness (QED) is 0.654. The van der Waals surface area contributed by atoms with Crippen molar-refractivity contribution >= 4 is 0 Å². The molecule has 0 aromatic carbocycles. The normalized spacial score (nSPS) is 34.1. The summed E-state index contributed by atoms with van der Waals surface area (Å²) in [6, 6.07) is 0. The Morgan fingerprint density at radius 3 is 2.21 bits per heavy atom. The summed E-state index contributed by atoms with van der Waals surface area (Å²) in [7, 11) is 0. The van der Waals surface area contributed by atoms with Crippen LogP contribution in [-0.2, 0) is 4.74 Å². The van der Waals surface area contributed by atoms with E-state index in [4.69, 9.17) is 4.74 Å². The summed E-state index contributed by atoms with van der Waals surface area (Å²) >= 11 is 0. The molecule has 1 saturated heterocycles. The lowest BCUT2D eigenvalue weighted by Crippen LogP contribution is -2.43. The van der Waals surface area contributed by atoms with Crippen molar-refractivity contribution in [3.8, 4) is 0 Å². The van der Waals surface area contributed by atoms with Gasteiger partial charge >= 0.3 is 0 Å². The van der Waals surface area contributed by atoms with Gasteiger partial charge in [0.25, 0.3) is 0 Å². The van der Waals surface area contributed by atoms with Gasteiger partial charge in [0.2, 0.25) is 0 Å². The first kappa shape index (κ1) is 12.0. The average molecular weight is 198 g/mol. The van der Waals surface area contributed by atoms with Crippen LogP contribution in [0.1, 0.15) is 54.4 Å². The van der Waals surface area contributed by atoms with Gasteiger partial charge in [-0.2, -0.15) is 0 Å². The maximum Gasteiger partial charge on any atom is 0.0682 e. The zero-order valence-electron chi connectivity index (χ0n) is 10.7. The summed E-state index contributed by atoms with van der Waals surface area (Å²) in [5.74, 6) is 0.722. The summed E-state index contributed by atoms with van der Waals surface area (Å²) in [5.41, 5.74) is 0.690. The van der Waals surface area contributed by atoms with E-state index >= 15 is 0 Å². The number of hydrogen-bond acceptors (Lipinski definition) is 1. The molecule has 0 spiro atoms. The third-order valence-electron chi connectivity index (χ3n) is 3.97. The van der Waals surface area contributed by atoms with Crippen LogP contribution < -0.4 is 0 Å². The van der Waals surface area contributed by atoms with Crippen LogP contribution in [0.5, 0.6) is 0 Å². The Morgan fingerprint density at radius 2 is 1.93 bits per heavy atom. The molecule has 1 heteroatoms. The van der Waals surface area contributed by atoms with Crippen molar-refractivity contribution in [3.63, 3.8) is 0 Å². The third-order valence-corrected chi connectivity index (χ3v) is 3.97. The van der Waals surface area contributed by atoms with Gasteiger partial charge in [-0.05, 0) is 24.2 Å². The summed E-state index contributed by atoms with van der Waals surface area (Å²) in [5, 5.41) is 0. The molecule has 1 fully saturated rings. The molecular weight excluding hydrogens is 172 g/mol. The summed E-state index contributed by atoms with van der Waals surface area (Å²) in [4.78, 5) is 0. The molecular formula is C13H26O. The van der Waals surface area contributed by atoms with Crippen molar-refractivity contribution in [1.82, 2.24) is 0 Å². The molecule has 0 aliphatic carbocycles. The van der Waals surface area contributed by atoms with Gasteiger partial charge < -0.3 is 4.74 Å². The minimum Gasteiger partial charge on any atom is -0.377 e. The van der Waals surface area contributed by atoms with Gasteiger partial charge in [0.05, 0.1) is 6.10 Å². The van der Waals surface area contributed by atoms with Gasteiger partial charge in [0.1, 0.15) is 0 Å². The first-order chi connectivity index (χ1) is 6.34. The molecule has 0 aromatic heterocycles. The van der Waals surface area contributed by atoms with Crippen molar-refractivity contribution in [2.24, 2.45) is 16.7 Å². The SMILES string of the molecule is CCC1(C(C)C)CCOC1C(C)(C)C. The smallest absolute Gasteiger partial charge is 0.0682 e. The van der Waals surface area contributed by atoms with Crippen LogP contribution in [0.15, 0.2) is 0 Å². The van der Waals surface area contributed by atoms with Gasteiger partial charge in [-0.1, -0.05) is 41.5 Å². The first-order valence-electron chi connectivity index (χ1n) is 5.96. The monoisotopic (exact) mass is 198 g/mol. The average Bonchev–Trinajstić information content (AvgIpc) is 2.47. The van der Waals surface area contributed by atoms with E-state index in [2.05, 4.69) is 41.5 Å². The standard InChI is InChI=1S/C13H26O/c1-7-13(10(2)3)8-9-14-11(13)12(4,5)6/h10-11H,7-9H2,1-6H3. The van der Waals surface area contributed by atoms with E-state index in [1.807, 2.05) is 0 Å². The van der Waals surface area contributed by atoms with Crippen LogP contribution in [0, 0.1) is 16.7 Å². The van der Waals surface area contributed by atoms with Gasteiger partial charge in [-0.3, -0.25) is 0 Å². The highest BCUT2D eigenvalue weighted by Gasteiger charge is 2.49. The first-order valence-corrected chi connectivity index (χ1v) is 5.96. The molecule has 14 heavy (non-hydrogen) atoms. The Hall–Kier alpha value is -0.0400. The van der Waals surface area contributed by atoms with Crippen LogP contribution >= 0.6 is 0 Å². The molecule has 1 rings (SSSR count). The van der Waals surface area contributed by atoms with Crippen LogP contribution in [0.25, 0.3) is 0 Å². The van der Waals surface area contributed by atoms with E-state index in [0.717, 1.165) is 12.5 Å². The Kier molecular flexibility index (Phi) is 3.30. The zero-order chi connectivity index (χ0) is 11.0. The zero-order valence-corrected chi connectivity index (χ0v) is 10.7. The minimum atomic E-state index is 0.275. The molecule has 1 aliphatic rings. The van der Waals surface area contributed by atoms with Gasteiger partial charge in [0, 0.05) is 12.0 Å². The topological polar surface area (TPSA) is 9.23 Å². The number of ether oxygens (including phenoxy) is 1. The minimum absolute atomic E-state index is 0.275. The Morgan fingerprint density at radius 1 is 1.36 bits per heavy atom. The second-order valence-electron chi connectivity index (χ2n) is 6.11. The molecule has 84 valence electrons. The summed E-state index contributed by atoms with van der Waals surface area (Å²) in [6.07, 6.45) is 2.91. The summed E-state index contributed by atoms with van der Waals surface area (Å²) in [6.45, 7) is 14.9. The van der Waals surface area contributed by atoms with E-state index in [-0.39, 0.29) is 5.41 Å². The van der Waals surface area contributed by atoms with E-state index in [1.54, 1.807) is 0 Å². The molecule has 0 aromatic rings. The van der Waals surface area contributed by atoms with Crippen molar-refractivity contribution in [3.05, 3.63) is 0 Å². The third kappa shape index (κ3) is 1.84. The van der Waals surface area contributed by atoms with Crippen LogP contribution in [0.3, 0.4) is 0 Å². The molecule has 0 radical (unpaired) electrons. The van der Waals surface area contributed by atoms with Crippen LogP contribution in [0.2, 0.25) is 0 Å². The second kappa shape index (κ2) is 3.84. The van der Waals surface area contributed by atoms with E-state index < -0.39 is 0 Å². The largest absolute Gasteiger partial charge is 0.377 e. The molecule has 1 heterocycles. The molecule has 0 saturated carbocycles. The molecule has 2 unspecified atom stereocenters. The molecule has 0 N–H and O–H groups in total. The van der Waals surface area contributed by atoms with Gasteiger partial charge in [-0.25, -0.2) is 0 Å². The molecule has 1 nitrogen and oxygen atoms in total. The number of hydrogen-bond donors (Lipinski definition) is 0. The van der Waals surface area contributed by atoms with Crippen LogP contribution in [0.4, 0.5) is 0 Å². The molecule has 0 amide bonds.